The zero-order chi connectivity index (χ0) is 20.1. The molecule has 3 rings (SSSR count). The molecule has 0 fully saturated rings. The fourth-order valence-electron chi connectivity index (χ4n) is 2.26. The second-order valence-electron chi connectivity index (χ2n) is 5.42. The van der Waals surface area contributed by atoms with Crippen molar-refractivity contribution >= 4 is 29.1 Å². The van der Waals surface area contributed by atoms with Gasteiger partial charge in [0.1, 0.15) is 0 Å². The molecule has 2 N–H and O–H groups in total. The third-order valence-corrected chi connectivity index (χ3v) is 4.39. The third kappa shape index (κ3) is 4.27. The number of aliphatic carboxylic acids is 2. The maximum absolute atomic E-state index is 12.7. The van der Waals surface area contributed by atoms with E-state index >= 15 is 0 Å². The van der Waals surface area contributed by atoms with Gasteiger partial charge in [-0.15, -0.1) is 0 Å². The summed E-state index contributed by atoms with van der Waals surface area (Å²) in [6.45, 7) is 0. The minimum atomic E-state index is -1.51. The van der Waals surface area contributed by atoms with E-state index in [1.54, 1.807) is 60.7 Å². The van der Waals surface area contributed by atoms with Crippen molar-refractivity contribution in [1.82, 2.24) is 9.78 Å². The Hall–Kier alpha value is -3.85. The molecule has 8 nitrogen and oxygen atoms in total. The van der Waals surface area contributed by atoms with Crippen LogP contribution in [0.15, 0.2) is 77.4 Å². The van der Waals surface area contributed by atoms with Crippen LogP contribution in [0, 0.1) is 0 Å². The molecule has 2 aromatic carbocycles. The lowest BCUT2D eigenvalue weighted by Gasteiger charge is -2.00. The number of carbonyl (C=O) groups excluding carboxylic acids is 1. The summed E-state index contributed by atoms with van der Waals surface area (Å²) < 4.78 is 1.31. The Balaban J connectivity index is 2.19. The number of ketones is 1. The summed E-state index contributed by atoms with van der Waals surface area (Å²) in [4.78, 5) is 38.9. The molecule has 28 heavy (non-hydrogen) atoms. The summed E-state index contributed by atoms with van der Waals surface area (Å²) in [5.74, 6) is -3.31. The van der Waals surface area contributed by atoms with Gasteiger partial charge in [0.25, 0.3) is 0 Å². The van der Waals surface area contributed by atoms with Gasteiger partial charge < -0.3 is 10.2 Å². The average molecular weight is 395 g/mol. The Morgan fingerprint density at radius 3 is 2.14 bits per heavy atom. The molecule has 0 unspecified atom stereocenters. The van der Waals surface area contributed by atoms with Crippen LogP contribution in [-0.4, -0.2) is 37.7 Å². The molecule has 0 amide bonds. The molecule has 3 aromatic rings. The summed E-state index contributed by atoms with van der Waals surface area (Å²) in [5, 5.41) is 22.5. The monoisotopic (exact) mass is 395 g/mol. The maximum Gasteiger partial charge on any atom is 0.354 e. The largest absolute Gasteiger partial charge is 0.478 e. The van der Waals surface area contributed by atoms with Gasteiger partial charge in [0.2, 0.25) is 10.6 Å². The van der Waals surface area contributed by atoms with Gasteiger partial charge in [-0.25, -0.2) is 19.3 Å². The number of carboxylic acid groups (broad SMARTS) is 2. The Kier molecular flexibility index (Phi) is 5.56. The minimum absolute atomic E-state index is 0.0559. The second kappa shape index (κ2) is 8.23. The van der Waals surface area contributed by atoms with Crippen LogP contribution in [0.25, 0.3) is 5.69 Å². The number of para-hydroxylation sites is 1. The fraction of sp³-hybridized carbons (Fsp3) is 0. The van der Waals surface area contributed by atoms with Crippen molar-refractivity contribution in [1.29, 1.82) is 0 Å². The Morgan fingerprint density at radius 2 is 1.57 bits per heavy atom. The standard InChI is InChI=1S/C19H13N3O5S/c23-15(24)11-14(18(26)27)20-19-22(13-9-5-2-6-10-13)21-17(28-19)16(25)12-7-3-1-4-8-12/h1-11H,(H,23,24)(H,26,27). The van der Waals surface area contributed by atoms with E-state index in [2.05, 4.69) is 10.1 Å². The number of rotatable bonds is 6. The first-order chi connectivity index (χ1) is 13.5. The zero-order valence-corrected chi connectivity index (χ0v) is 15.0. The molecule has 0 aliphatic rings. The van der Waals surface area contributed by atoms with Crippen molar-refractivity contribution < 1.29 is 24.6 Å². The topological polar surface area (TPSA) is 122 Å². The van der Waals surface area contributed by atoms with Crippen LogP contribution in [-0.2, 0) is 9.59 Å². The van der Waals surface area contributed by atoms with E-state index < -0.39 is 17.6 Å². The first kappa shape index (κ1) is 18.9. The summed E-state index contributed by atoms with van der Waals surface area (Å²) in [5.41, 5.74) is 0.284. The molecular weight excluding hydrogens is 382 g/mol. The SMILES string of the molecule is O=C(O)C=C(N=c1sc(C(=O)c2ccccc2)nn1-c1ccccc1)C(=O)O. The van der Waals surface area contributed by atoms with Crippen LogP contribution in [0.3, 0.4) is 0 Å². The van der Waals surface area contributed by atoms with Crippen LogP contribution < -0.4 is 4.80 Å². The number of carbonyl (C=O) groups is 3. The van der Waals surface area contributed by atoms with Gasteiger partial charge in [-0.2, -0.15) is 5.10 Å². The highest BCUT2D eigenvalue weighted by Crippen LogP contribution is 2.13. The van der Waals surface area contributed by atoms with E-state index in [4.69, 9.17) is 5.11 Å². The van der Waals surface area contributed by atoms with E-state index in [1.165, 1.54) is 4.68 Å². The number of aromatic nitrogens is 2. The van der Waals surface area contributed by atoms with Gasteiger partial charge in [0.15, 0.2) is 10.7 Å². The highest BCUT2D eigenvalue weighted by Gasteiger charge is 2.17. The molecule has 0 bridgehead atoms. The number of carboxylic acids is 2. The Labute approximate surface area is 162 Å². The van der Waals surface area contributed by atoms with E-state index in [0.29, 0.717) is 17.3 Å². The molecule has 0 saturated carbocycles. The molecule has 1 aromatic heterocycles. The summed E-state index contributed by atoms with van der Waals surface area (Å²) in [6, 6.07) is 17.2. The van der Waals surface area contributed by atoms with E-state index in [-0.39, 0.29) is 15.6 Å². The smallest absolute Gasteiger partial charge is 0.354 e. The van der Waals surface area contributed by atoms with Crippen molar-refractivity contribution in [2.24, 2.45) is 4.99 Å². The minimum Gasteiger partial charge on any atom is -0.478 e. The molecule has 140 valence electrons. The van der Waals surface area contributed by atoms with Crippen molar-refractivity contribution in [3.8, 4) is 5.69 Å². The number of hydrogen-bond acceptors (Lipinski definition) is 6. The van der Waals surface area contributed by atoms with E-state index in [9.17, 15) is 19.5 Å². The van der Waals surface area contributed by atoms with Crippen molar-refractivity contribution in [2.75, 3.05) is 0 Å². The van der Waals surface area contributed by atoms with Crippen LogP contribution >= 0.6 is 11.3 Å². The summed E-state index contributed by atoms with van der Waals surface area (Å²) in [6.07, 6.45) is 0.482. The lowest BCUT2D eigenvalue weighted by atomic mass is 10.1. The van der Waals surface area contributed by atoms with E-state index in [1.807, 2.05) is 0 Å². The second-order valence-corrected chi connectivity index (χ2v) is 6.37. The summed E-state index contributed by atoms with van der Waals surface area (Å²) >= 11 is 0.869. The van der Waals surface area contributed by atoms with Gasteiger partial charge in [-0.1, -0.05) is 59.9 Å². The van der Waals surface area contributed by atoms with Crippen molar-refractivity contribution in [3.05, 3.63) is 87.8 Å². The lowest BCUT2D eigenvalue weighted by Crippen LogP contribution is -2.16. The Morgan fingerprint density at radius 1 is 0.964 bits per heavy atom. The molecule has 0 spiro atoms. The molecule has 0 saturated heterocycles. The van der Waals surface area contributed by atoms with Crippen LogP contribution in [0.2, 0.25) is 0 Å². The number of benzene rings is 2. The maximum atomic E-state index is 12.7. The normalized spacial score (nSPS) is 12.0. The number of hydrogen-bond donors (Lipinski definition) is 2. The van der Waals surface area contributed by atoms with Gasteiger partial charge in [0, 0.05) is 5.56 Å². The predicted octanol–water partition coefficient (Wildman–Crippen LogP) is 2.12. The molecule has 0 aliphatic heterocycles. The molecule has 9 heteroatoms. The summed E-state index contributed by atoms with van der Waals surface area (Å²) in [7, 11) is 0. The molecule has 0 radical (unpaired) electrons. The first-order valence-electron chi connectivity index (χ1n) is 7.93. The molecule has 0 aliphatic carbocycles. The van der Waals surface area contributed by atoms with Crippen LogP contribution in [0.1, 0.15) is 15.4 Å². The van der Waals surface area contributed by atoms with Crippen molar-refractivity contribution in [2.45, 2.75) is 0 Å². The van der Waals surface area contributed by atoms with Crippen molar-refractivity contribution in [3.63, 3.8) is 0 Å². The van der Waals surface area contributed by atoms with Gasteiger partial charge in [-0.3, -0.25) is 4.79 Å². The van der Waals surface area contributed by atoms with Crippen LogP contribution in [0.4, 0.5) is 0 Å². The molecule has 1 heterocycles. The van der Waals surface area contributed by atoms with Gasteiger partial charge >= 0.3 is 11.9 Å². The third-order valence-electron chi connectivity index (χ3n) is 3.49. The van der Waals surface area contributed by atoms with Gasteiger partial charge in [0.05, 0.1) is 11.8 Å². The highest BCUT2D eigenvalue weighted by molar-refractivity contribution is 7.11. The van der Waals surface area contributed by atoms with Gasteiger partial charge in [-0.05, 0) is 12.1 Å². The highest BCUT2D eigenvalue weighted by atomic mass is 32.1. The van der Waals surface area contributed by atoms with Crippen LogP contribution in [0.5, 0.6) is 0 Å². The average Bonchev–Trinajstić information content (AvgIpc) is 3.11. The molecular formula is C19H13N3O5S. The Bertz CT molecular complexity index is 1130. The quantitative estimate of drug-likeness (QED) is 0.487. The first-order valence-corrected chi connectivity index (χ1v) is 8.75. The zero-order valence-electron chi connectivity index (χ0n) is 14.2. The lowest BCUT2D eigenvalue weighted by molar-refractivity contribution is -0.135. The van der Waals surface area contributed by atoms with E-state index in [0.717, 1.165) is 11.3 Å². The predicted molar refractivity (Wildman–Crippen MR) is 100 cm³/mol. The fourth-order valence-corrected chi connectivity index (χ4v) is 3.14. The number of nitrogens with zero attached hydrogens (tertiary/aromatic N) is 3. The molecule has 0 atom stereocenters.